The highest BCUT2D eigenvalue weighted by atomic mass is 35.5. The first-order chi connectivity index (χ1) is 16.2. The SMILES string of the molecule is CC(C)CCCC(C)C1CCC2C3CCC4CC(NC(=O)NCCCl)CCC4(C)C3CCC12C. The summed E-state index contributed by atoms with van der Waals surface area (Å²) in [6.45, 7) is 13.2. The molecule has 2 N–H and O–H groups in total. The van der Waals surface area contributed by atoms with Gasteiger partial charge in [-0.15, -0.1) is 11.6 Å². The molecule has 4 saturated carbocycles. The van der Waals surface area contributed by atoms with Gasteiger partial charge in [-0.3, -0.25) is 0 Å². The second kappa shape index (κ2) is 10.9. The zero-order chi connectivity index (χ0) is 24.5. The number of rotatable bonds is 8. The van der Waals surface area contributed by atoms with Crippen molar-refractivity contribution < 1.29 is 4.79 Å². The second-order valence-corrected chi connectivity index (χ2v) is 14.1. The lowest BCUT2D eigenvalue weighted by atomic mass is 9.44. The monoisotopic (exact) mass is 492 g/mol. The number of carbonyl (C=O) groups excluding carboxylic acids is 1. The quantitative estimate of drug-likeness (QED) is 0.331. The first-order valence-electron chi connectivity index (χ1n) is 14.8. The maximum Gasteiger partial charge on any atom is 0.315 e. The van der Waals surface area contributed by atoms with E-state index < -0.39 is 0 Å². The van der Waals surface area contributed by atoms with Crippen molar-refractivity contribution in [1.82, 2.24) is 10.6 Å². The van der Waals surface area contributed by atoms with Crippen LogP contribution in [-0.2, 0) is 0 Å². The number of urea groups is 1. The first kappa shape index (κ1) is 26.6. The van der Waals surface area contributed by atoms with Crippen LogP contribution in [0.2, 0.25) is 0 Å². The van der Waals surface area contributed by atoms with Gasteiger partial charge in [-0.25, -0.2) is 4.79 Å². The Morgan fingerprint density at radius 1 is 0.941 bits per heavy atom. The molecule has 196 valence electrons. The maximum atomic E-state index is 12.2. The third-order valence-corrected chi connectivity index (χ3v) is 11.8. The summed E-state index contributed by atoms with van der Waals surface area (Å²) in [6, 6.07) is 0.303. The molecule has 4 aliphatic rings. The van der Waals surface area contributed by atoms with E-state index in [9.17, 15) is 4.79 Å². The molecule has 0 aromatic heterocycles. The number of carbonyl (C=O) groups is 1. The summed E-state index contributed by atoms with van der Waals surface area (Å²) in [4.78, 5) is 12.2. The van der Waals surface area contributed by atoms with Crippen molar-refractivity contribution in [2.45, 2.75) is 118 Å². The Bertz CT molecular complexity index is 697. The Kier molecular flexibility index (Phi) is 8.53. The topological polar surface area (TPSA) is 41.1 Å². The molecule has 4 fully saturated rings. The summed E-state index contributed by atoms with van der Waals surface area (Å²) in [5.41, 5.74) is 1.07. The van der Waals surface area contributed by atoms with Gasteiger partial charge in [0.2, 0.25) is 0 Å². The van der Waals surface area contributed by atoms with Crippen molar-refractivity contribution >= 4 is 17.6 Å². The summed E-state index contributed by atoms with van der Waals surface area (Å²) < 4.78 is 0. The Hall–Kier alpha value is -0.440. The summed E-state index contributed by atoms with van der Waals surface area (Å²) in [5.74, 6) is 6.74. The fourth-order valence-electron chi connectivity index (χ4n) is 9.81. The van der Waals surface area contributed by atoms with Gasteiger partial charge < -0.3 is 10.6 Å². The summed E-state index contributed by atoms with van der Waals surface area (Å²) >= 11 is 5.73. The number of alkyl halides is 1. The van der Waals surface area contributed by atoms with Crippen LogP contribution in [0, 0.1) is 52.3 Å². The number of hydrogen-bond donors (Lipinski definition) is 2. The molecule has 2 amide bonds. The minimum Gasteiger partial charge on any atom is -0.337 e. The third kappa shape index (κ3) is 5.16. The third-order valence-electron chi connectivity index (χ3n) is 11.6. The Balaban J connectivity index is 1.38. The average molecular weight is 493 g/mol. The molecule has 0 saturated heterocycles. The fraction of sp³-hybridized carbons (Fsp3) is 0.967. The number of fused-ring (bicyclic) bond motifs is 5. The van der Waals surface area contributed by atoms with Crippen molar-refractivity contribution in [2.24, 2.45) is 52.3 Å². The van der Waals surface area contributed by atoms with Crippen LogP contribution < -0.4 is 10.6 Å². The number of amides is 2. The van der Waals surface area contributed by atoms with E-state index in [4.69, 9.17) is 11.6 Å². The van der Waals surface area contributed by atoms with Gasteiger partial charge in [-0.2, -0.15) is 0 Å². The molecule has 0 aliphatic heterocycles. The van der Waals surface area contributed by atoms with Crippen molar-refractivity contribution in [3.63, 3.8) is 0 Å². The molecule has 9 unspecified atom stereocenters. The fourth-order valence-corrected chi connectivity index (χ4v) is 9.91. The Labute approximate surface area is 215 Å². The van der Waals surface area contributed by atoms with Gasteiger partial charge in [-0.05, 0) is 110 Å². The largest absolute Gasteiger partial charge is 0.337 e. The van der Waals surface area contributed by atoms with E-state index in [1.807, 2.05) is 0 Å². The van der Waals surface area contributed by atoms with Crippen LogP contribution in [0.3, 0.4) is 0 Å². The minimum atomic E-state index is -0.0316. The van der Waals surface area contributed by atoms with E-state index in [1.54, 1.807) is 0 Å². The predicted molar refractivity (Wildman–Crippen MR) is 144 cm³/mol. The number of hydrogen-bond acceptors (Lipinski definition) is 1. The molecular formula is C30H53ClN2O. The summed E-state index contributed by atoms with van der Waals surface area (Å²) in [6.07, 6.45) is 16.5. The lowest BCUT2D eigenvalue weighted by Gasteiger charge is -2.61. The van der Waals surface area contributed by atoms with Crippen LogP contribution in [0.15, 0.2) is 0 Å². The van der Waals surface area contributed by atoms with Crippen molar-refractivity contribution in [3.8, 4) is 0 Å². The average Bonchev–Trinajstić information content (AvgIpc) is 3.15. The molecule has 0 radical (unpaired) electrons. The van der Waals surface area contributed by atoms with Gasteiger partial charge in [0, 0.05) is 18.5 Å². The normalized spacial score (nSPS) is 42.4. The van der Waals surface area contributed by atoms with E-state index in [0.717, 1.165) is 47.8 Å². The molecule has 4 aliphatic carbocycles. The van der Waals surface area contributed by atoms with Crippen LogP contribution in [0.1, 0.15) is 112 Å². The Morgan fingerprint density at radius 2 is 1.68 bits per heavy atom. The van der Waals surface area contributed by atoms with Crippen LogP contribution in [-0.4, -0.2) is 24.5 Å². The van der Waals surface area contributed by atoms with Crippen molar-refractivity contribution in [3.05, 3.63) is 0 Å². The molecule has 0 bridgehead atoms. The van der Waals surface area contributed by atoms with E-state index >= 15 is 0 Å². The predicted octanol–water partition coefficient (Wildman–Crippen LogP) is 8.01. The summed E-state index contributed by atoms with van der Waals surface area (Å²) in [5, 5.41) is 6.14. The zero-order valence-corrected chi connectivity index (χ0v) is 23.6. The maximum absolute atomic E-state index is 12.2. The van der Waals surface area contributed by atoms with E-state index in [0.29, 0.717) is 29.3 Å². The van der Waals surface area contributed by atoms with Crippen LogP contribution >= 0.6 is 11.6 Å². The standard InChI is InChI=1S/C30H53ClN2O/c1-20(2)7-6-8-21(3)25-11-12-26-24-10-9-22-19-23(33-28(34)32-18-17-31)13-15-29(22,4)27(24)14-16-30(25,26)5/h20-27H,6-19H2,1-5H3,(H2,32,33,34). The first-order valence-corrected chi connectivity index (χ1v) is 15.3. The zero-order valence-electron chi connectivity index (χ0n) is 22.8. The van der Waals surface area contributed by atoms with Gasteiger partial charge in [0.15, 0.2) is 0 Å². The van der Waals surface area contributed by atoms with Gasteiger partial charge in [0.05, 0.1) is 0 Å². The lowest BCUT2D eigenvalue weighted by Crippen LogP contribution is -2.56. The van der Waals surface area contributed by atoms with E-state index in [1.165, 1.54) is 70.6 Å². The molecule has 0 aromatic carbocycles. The van der Waals surface area contributed by atoms with E-state index in [-0.39, 0.29) is 6.03 Å². The highest BCUT2D eigenvalue weighted by molar-refractivity contribution is 6.18. The molecule has 4 rings (SSSR count). The molecule has 9 atom stereocenters. The molecule has 3 nitrogen and oxygen atoms in total. The molecule has 34 heavy (non-hydrogen) atoms. The highest BCUT2D eigenvalue weighted by Gasteiger charge is 2.60. The van der Waals surface area contributed by atoms with Crippen molar-refractivity contribution in [2.75, 3.05) is 12.4 Å². The molecule has 4 heteroatoms. The lowest BCUT2D eigenvalue weighted by molar-refractivity contribution is -0.117. The van der Waals surface area contributed by atoms with Gasteiger partial charge in [-0.1, -0.05) is 53.9 Å². The number of nitrogens with one attached hydrogen (secondary N) is 2. The van der Waals surface area contributed by atoms with Gasteiger partial charge in [0.1, 0.15) is 0 Å². The molecule has 0 aromatic rings. The minimum absolute atomic E-state index is 0.0316. The number of halogens is 1. The van der Waals surface area contributed by atoms with Crippen molar-refractivity contribution in [1.29, 1.82) is 0 Å². The Morgan fingerprint density at radius 3 is 2.41 bits per heavy atom. The van der Waals surface area contributed by atoms with Gasteiger partial charge >= 0.3 is 6.03 Å². The second-order valence-electron chi connectivity index (χ2n) is 13.7. The van der Waals surface area contributed by atoms with Crippen LogP contribution in [0.5, 0.6) is 0 Å². The van der Waals surface area contributed by atoms with Crippen LogP contribution in [0.4, 0.5) is 4.79 Å². The summed E-state index contributed by atoms with van der Waals surface area (Å²) in [7, 11) is 0. The smallest absolute Gasteiger partial charge is 0.315 e. The molecule has 0 spiro atoms. The molecule has 0 heterocycles. The van der Waals surface area contributed by atoms with Crippen LogP contribution in [0.25, 0.3) is 0 Å². The highest BCUT2D eigenvalue weighted by Crippen LogP contribution is 2.68. The van der Waals surface area contributed by atoms with Gasteiger partial charge in [0.25, 0.3) is 0 Å². The molecular weight excluding hydrogens is 440 g/mol. The van der Waals surface area contributed by atoms with E-state index in [2.05, 4.69) is 45.3 Å².